The largest absolute Gasteiger partial charge is 0.302 e. The topological polar surface area (TPSA) is 140 Å². The van der Waals surface area contributed by atoms with E-state index in [0.29, 0.717) is 18.0 Å². The molecule has 162 valence electrons. The lowest BCUT2D eigenvalue weighted by molar-refractivity contribution is -0.120. The fourth-order valence-electron chi connectivity index (χ4n) is 3.76. The first-order valence-corrected chi connectivity index (χ1v) is 13.4. The summed E-state index contributed by atoms with van der Waals surface area (Å²) in [7, 11) is -7.66. The Labute approximate surface area is 179 Å². The van der Waals surface area contributed by atoms with E-state index in [4.69, 9.17) is 5.14 Å². The predicted octanol–water partition coefficient (Wildman–Crippen LogP) is 1.32. The Hall–Kier alpha value is -1.86. The third-order valence-corrected chi connectivity index (χ3v) is 9.36. The van der Waals surface area contributed by atoms with Gasteiger partial charge in [-0.1, -0.05) is 0 Å². The van der Waals surface area contributed by atoms with Crippen LogP contribution >= 0.6 is 11.3 Å². The molecule has 0 bridgehead atoms. The summed E-state index contributed by atoms with van der Waals surface area (Å²) in [5.41, 5.74) is 1.07. The number of piperidine rings is 1. The highest BCUT2D eigenvalue weighted by Gasteiger charge is 2.32. The zero-order valence-corrected chi connectivity index (χ0v) is 18.5. The number of nitrogens with zero attached hydrogens (tertiary/aromatic N) is 2. The summed E-state index contributed by atoms with van der Waals surface area (Å²) in [5.74, 6) is -0.406. The number of benzene rings is 1. The Morgan fingerprint density at radius 2 is 1.70 bits per heavy atom. The van der Waals surface area contributed by atoms with E-state index >= 15 is 0 Å². The molecule has 2 heterocycles. The van der Waals surface area contributed by atoms with Gasteiger partial charge < -0.3 is 5.32 Å². The molecule has 2 aromatic rings. The molecule has 0 radical (unpaired) electrons. The Bertz CT molecular complexity index is 1140. The first-order valence-electron chi connectivity index (χ1n) is 9.57. The van der Waals surface area contributed by atoms with Crippen LogP contribution in [-0.2, 0) is 37.7 Å². The summed E-state index contributed by atoms with van der Waals surface area (Å²) in [6.45, 7) is 0.428. The lowest BCUT2D eigenvalue weighted by Crippen LogP contribution is -2.41. The number of hydrogen-bond donors (Lipinski definition) is 2. The third kappa shape index (κ3) is 4.28. The molecule has 0 unspecified atom stereocenters. The van der Waals surface area contributed by atoms with Crippen molar-refractivity contribution in [3.63, 3.8) is 0 Å². The monoisotopic (exact) mass is 470 g/mol. The van der Waals surface area contributed by atoms with Crippen molar-refractivity contribution in [1.29, 1.82) is 0 Å². The second-order valence-corrected chi connectivity index (χ2v) is 12.0. The highest BCUT2D eigenvalue weighted by atomic mass is 32.2. The number of nitrogens with two attached hydrogens (primary N) is 1. The second kappa shape index (κ2) is 8.00. The first-order chi connectivity index (χ1) is 14.1. The molecule has 0 atom stereocenters. The summed E-state index contributed by atoms with van der Waals surface area (Å²) >= 11 is 1.52. The number of carbonyl (C=O) groups excluding carboxylic acids is 1. The normalized spacial score (nSPS) is 18.3. The number of amides is 1. The average molecular weight is 471 g/mol. The Balaban J connectivity index is 1.37. The SMILES string of the molecule is NS(=O)(=O)c1ccc(S(=O)(=O)N2CCC(C(=O)Nc3nc4c(s3)CCC4)CC2)cc1. The van der Waals surface area contributed by atoms with E-state index < -0.39 is 20.0 Å². The molecule has 0 spiro atoms. The standard InChI is InChI=1S/C18H22N4O5S3/c19-29(24,25)13-4-6-14(7-5-13)30(26,27)22-10-8-12(9-11-22)17(23)21-18-20-15-2-1-3-16(15)28-18/h4-7,12H,1-3,8-11H2,(H2,19,24,25)(H,20,21,23). The van der Waals surface area contributed by atoms with E-state index in [1.165, 1.54) is 44.8 Å². The summed E-state index contributed by atoms with van der Waals surface area (Å²) in [4.78, 5) is 18.1. The minimum absolute atomic E-state index is 0.00453. The minimum Gasteiger partial charge on any atom is -0.302 e. The van der Waals surface area contributed by atoms with Crippen LogP contribution in [0, 0.1) is 5.92 Å². The van der Waals surface area contributed by atoms with E-state index in [9.17, 15) is 21.6 Å². The molecule has 2 aliphatic rings. The Morgan fingerprint density at radius 1 is 1.07 bits per heavy atom. The van der Waals surface area contributed by atoms with Crippen LogP contribution < -0.4 is 10.5 Å². The van der Waals surface area contributed by atoms with Gasteiger partial charge in [0.25, 0.3) is 0 Å². The molecule has 1 aliphatic heterocycles. The zero-order chi connectivity index (χ0) is 21.5. The highest BCUT2D eigenvalue weighted by Crippen LogP contribution is 2.31. The molecule has 30 heavy (non-hydrogen) atoms. The molecule has 0 saturated carbocycles. The molecule has 9 nitrogen and oxygen atoms in total. The zero-order valence-electron chi connectivity index (χ0n) is 16.1. The molecule has 4 rings (SSSR count). The van der Waals surface area contributed by atoms with Gasteiger partial charge in [0, 0.05) is 23.9 Å². The van der Waals surface area contributed by atoms with E-state index in [1.54, 1.807) is 0 Å². The Kier molecular flexibility index (Phi) is 5.70. The van der Waals surface area contributed by atoms with E-state index in [2.05, 4.69) is 10.3 Å². The molecule has 1 aliphatic carbocycles. The number of aromatic nitrogens is 1. The lowest BCUT2D eigenvalue weighted by Gasteiger charge is -2.30. The first kappa shape index (κ1) is 21.4. The van der Waals surface area contributed by atoms with Crippen molar-refractivity contribution >= 4 is 42.4 Å². The number of anilines is 1. The van der Waals surface area contributed by atoms with E-state index in [1.807, 2.05) is 0 Å². The van der Waals surface area contributed by atoms with E-state index in [0.717, 1.165) is 25.0 Å². The number of nitrogens with one attached hydrogen (secondary N) is 1. The second-order valence-electron chi connectivity index (χ2n) is 7.43. The number of sulfonamides is 2. The van der Waals surface area contributed by atoms with Crippen LogP contribution in [0.5, 0.6) is 0 Å². The molecular formula is C18H22N4O5S3. The molecule has 1 aromatic carbocycles. The van der Waals surface area contributed by atoms with Gasteiger partial charge in [0.05, 0.1) is 15.5 Å². The van der Waals surface area contributed by atoms with Gasteiger partial charge in [-0.15, -0.1) is 11.3 Å². The maximum atomic E-state index is 12.8. The average Bonchev–Trinajstić information content (AvgIpc) is 3.29. The number of hydrogen-bond acceptors (Lipinski definition) is 7. The molecule has 1 amide bonds. The van der Waals surface area contributed by atoms with Gasteiger partial charge in [-0.25, -0.2) is 27.0 Å². The van der Waals surface area contributed by atoms with Crippen molar-refractivity contribution in [2.75, 3.05) is 18.4 Å². The van der Waals surface area contributed by atoms with Crippen molar-refractivity contribution in [1.82, 2.24) is 9.29 Å². The quantitative estimate of drug-likeness (QED) is 0.675. The van der Waals surface area contributed by atoms with Crippen LogP contribution in [-0.4, -0.2) is 45.1 Å². The molecule has 1 aromatic heterocycles. The molecule has 1 fully saturated rings. The molecular weight excluding hydrogens is 448 g/mol. The minimum atomic E-state index is -3.89. The van der Waals surface area contributed by atoms with Gasteiger partial charge in [-0.3, -0.25) is 4.79 Å². The van der Waals surface area contributed by atoms with Gasteiger partial charge in [0.1, 0.15) is 0 Å². The number of primary sulfonamides is 1. The predicted molar refractivity (Wildman–Crippen MR) is 112 cm³/mol. The van der Waals surface area contributed by atoms with Crippen LogP contribution in [0.15, 0.2) is 34.1 Å². The highest BCUT2D eigenvalue weighted by molar-refractivity contribution is 7.89. The number of thiazole rings is 1. The van der Waals surface area contributed by atoms with Crippen molar-refractivity contribution in [2.24, 2.45) is 11.1 Å². The van der Waals surface area contributed by atoms with Crippen molar-refractivity contribution in [3.8, 4) is 0 Å². The maximum Gasteiger partial charge on any atom is 0.243 e. The van der Waals surface area contributed by atoms with Crippen molar-refractivity contribution in [2.45, 2.75) is 41.9 Å². The van der Waals surface area contributed by atoms with Crippen LogP contribution in [0.2, 0.25) is 0 Å². The van der Waals surface area contributed by atoms with Crippen molar-refractivity contribution < 1.29 is 21.6 Å². The van der Waals surface area contributed by atoms with Crippen LogP contribution in [0.4, 0.5) is 5.13 Å². The molecule has 12 heteroatoms. The number of aryl methyl sites for hydroxylation is 2. The van der Waals surface area contributed by atoms with Gasteiger partial charge in [-0.2, -0.15) is 4.31 Å². The maximum absolute atomic E-state index is 12.8. The van der Waals surface area contributed by atoms with Gasteiger partial charge in [0.15, 0.2) is 5.13 Å². The van der Waals surface area contributed by atoms with Gasteiger partial charge in [-0.05, 0) is 56.4 Å². The fourth-order valence-corrected chi connectivity index (χ4v) is 6.80. The number of fused-ring (bicyclic) bond motifs is 1. The Morgan fingerprint density at radius 3 is 2.30 bits per heavy atom. The lowest BCUT2D eigenvalue weighted by atomic mass is 9.97. The number of carbonyl (C=O) groups is 1. The summed E-state index contributed by atoms with van der Waals surface area (Å²) in [6, 6.07) is 4.81. The van der Waals surface area contributed by atoms with Crippen molar-refractivity contribution in [3.05, 3.63) is 34.8 Å². The molecule has 3 N–H and O–H groups in total. The number of rotatable bonds is 5. The van der Waals surface area contributed by atoms with Crippen LogP contribution in [0.3, 0.4) is 0 Å². The molecule has 1 saturated heterocycles. The van der Waals surface area contributed by atoms with Gasteiger partial charge >= 0.3 is 0 Å². The van der Waals surface area contributed by atoms with Gasteiger partial charge in [0.2, 0.25) is 26.0 Å². The smallest absolute Gasteiger partial charge is 0.243 e. The third-order valence-electron chi connectivity index (χ3n) is 5.44. The summed E-state index contributed by atoms with van der Waals surface area (Å²) < 4.78 is 49.7. The summed E-state index contributed by atoms with van der Waals surface area (Å²) in [6.07, 6.45) is 3.89. The summed E-state index contributed by atoms with van der Waals surface area (Å²) in [5, 5.41) is 8.55. The fraction of sp³-hybridized carbons (Fsp3) is 0.444. The van der Waals surface area contributed by atoms with Crippen LogP contribution in [0.1, 0.15) is 29.8 Å². The van der Waals surface area contributed by atoms with Crippen LogP contribution in [0.25, 0.3) is 0 Å². The van der Waals surface area contributed by atoms with E-state index in [-0.39, 0.29) is 34.7 Å².